The summed E-state index contributed by atoms with van der Waals surface area (Å²) in [6.07, 6.45) is 2.54. The van der Waals surface area contributed by atoms with Crippen LogP contribution in [0.2, 0.25) is 0 Å². The van der Waals surface area contributed by atoms with Gasteiger partial charge in [-0.2, -0.15) is 0 Å². The number of nitrogens with one attached hydrogen (secondary N) is 3. The minimum atomic E-state index is -0.395. The first-order valence-corrected chi connectivity index (χ1v) is 7.66. The number of aromatic amines is 1. The molecule has 0 unspecified atom stereocenters. The lowest BCUT2D eigenvalue weighted by Crippen LogP contribution is -2.41. The summed E-state index contributed by atoms with van der Waals surface area (Å²) >= 11 is 4.68. The highest BCUT2D eigenvalue weighted by atomic mass is 79.9. The number of aryl methyl sites for hydroxylation is 2. The van der Waals surface area contributed by atoms with Gasteiger partial charge in [-0.3, -0.25) is 20.4 Å². The van der Waals surface area contributed by atoms with E-state index < -0.39 is 5.91 Å². The molecule has 2 heterocycles. The van der Waals surface area contributed by atoms with E-state index >= 15 is 0 Å². The van der Waals surface area contributed by atoms with Crippen LogP contribution in [0.1, 0.15) is 37.5 Å². The van der Waals surface area contributed by atoms with Crippen LogP contribution in [-0.2, 0) is 6.42 Å². The minimum absolute atomic E-state index is 0.309. The standard InChI is InChI=1S/C13H14BrN3O2S/c1-3-10-7(2)4-11(20-10)13(19)17-16-12(18)9-5-8(14)6-15-9/h4-6,15H,3H2,1-2H3,(H,16,18)(H,17,19). The van der Waals surface area contributed by atoms with Gasteiger partial charge in [-0.1, -0.05) is 6.92 Å². The molecule has 0 fully saturated rings. The van der Waals surface area contributed by atoms with E-state index in [0.29, 0.717) is 10.6 Å². The fourth-order valence-corrected chi connectivity index (χ4v) is 3.08. The Morgan fingerprint density at radius 3 is 2.55 bits per heavy atom. The number of rotatable bonds is 3. The molecule has 2 amide bonds. The number of aromatic nitrogens is 1. The van der Waals surface area contributed by atoms with Crippen molar-refractivity contribution in [3.63, 3.8) is 0 Å². The van der Waals surface area contributed by atoms with Gasteiger partial charge in [-0.15, -0.1) is 11.3 Å². The third-order valence-electron chi connectivity index (χ3n) is 2.75. The lowest BCUT2D eigenvalue weighted by atomic mass is 10.2. The maximum Gasteiger partial charge on any atom is 0.286 e. The van der Waals surface area contributed by atoms with Gasteiger partial charge in [0, 0.05) is 15.5 Å². The zero-order valence-electron chi connectivity index (χ0n) is 11.0. The van der Waals surface area contributed by atoms with E-state index in [1.807, 2.05) is 19.9 Å². The number of amides is 2. The Hall–Kier alpha value is -1.60. The molecule has 0 saturated heterocycles. The molecule has 0 aromatic carbocycles. The number of hydrogen-bond acceptors (Lipinski definition) is 3. The van der Waals surface area contributed by atoms with Crippen molar-refractivity contribution in [3.05, 3.63) is 43.8 Å². The summed E-state index contributed by atoms with van der Waals surface area (Å²) in [6.45, 7) is 4.02. The summed E-state index contributed by atoms with van der Waals surface area (Å²) in [4.78, 5) is 28.2. The molecule has 5 nitrogen and oxygen atoms in total. The van der Waals surface area contributed by atoms with Gasteiger partial charge in [0.25, 0.3) is 11.8 Å². The average molecular weight is 356 g/mol. The third kappa shape index (κ3) is 3.29. The van der Waals surface area contributed by atoms with Gasteiger partial charge >= 0.3 is 0 Å². The molecule has 0 aliphatic heterocycles. The molecule has 2 aromatic heterocycles. The van der Waals surface area contributed by atoms with Crippen LogP contribution >= 0.6 is 27.3 Å². The highest BCUT2D eigenvalue weighted by molar-refractivity contribution is 9.10. The summed E-state index contributed by atoms with van der Waals surface area (Å²) in [7, 11) is 0. The van der Waals surface area contributed by atoms with E-state index in [0.717, 1.165) is 16.5 Å². The molecule has 2 rings (SSSR count). The molecule has 2 aromatic rings. The molecular formula is C13H14BrN3O2S. The van der Waals surface area contributed by atoms with Crippen LogP contribution in [0, 0.1) is 6.92 Å². The highest BCUT2D eigenvalue weighted by Gasteiger charge is 2.13. The van der Waals surface area contributed by atoms with Crippen LogP contribution in [0.5, 0.6) is 0 Å². The number of carbonyl (C=O) groups excluding carboxylic acids is 2. The number of H-pyrrole nitrogens is 1. The van der Waals surface area contributed by atoms with E-state index in [1.165, 1.54) is 16.2 Å². The Morgan fingerprint density at radius 2 is 2.00 bits per heavy atom. The molecule has 0 radical (unpaired) electrons. The summed E-state index contributed by atoms with van der Waals surface area (Å²) in [5, 5.41) is 0. The summed E-state index contributed by atoms with van der Waals surface area (Å²) in [5.41, 5.74) is 6.25. The Kier molecular flexibility index (Phi) is 4.61. The maximum absolute atomic E-state index is 11.9. The molecule has 7 heteroatoms. The molecule has 0 aliphatic carbocycles. The van der Waals surface area contributed by atoms with Crippen LogP contribution in [0.15, 0.2) is 22.8 Å². The van der Waals surface area contributed by atoms with E-state index in [4.69, 9.17) is 0 Å². The second-order valence-corrected chi connectivity index (χ2v) is 6.26. The Balaban J connectivity index is 1.96. The SMILES string of the molecule is CCc1sc(C(=O)NNC(=O)c2cc(Br)c[nH]2)cc1C. The quantitative estimate of drug-likeness (QED) is 0.740. The largest absolute Gasteiger partial charge is 0.356 e. The number of carbonyl (C=O) groups is 2. The molecular weight excluding hydrogens is 342 g/mol. The van der Waals surface area contributed by atoms with Crippen LogP contribution in [0.25, 0.3) is 0 Å². The lowest BCUT2D eigenvalue weighted by Gasteiger charge is -2.04. The Labute approximate surface area is 128 Å². The van der Waals surface area contributed by atoms with Gasteiger partial charge < -0.3 is 4.98 Å². The minimum Gasteiger partial charge on any atom is -0.356 e. The van der Waals surface area contributed by atoms with Crippen LogP contribution in [0.3, 0.4) is 0 Å². The summed E-state index contributed by atoms with van der Waals surface area (Å²) in [6, 6.07) is 3.46. The van der Waals surface area contributed by atoms with Crippen molar-refractivity contribution < 1.29 is 9.59 Å². The molecule has 0 bridgehead atoms. The molecule has 3 N–H and O–H groups in total. The van der Waals surface area contributed by atoms with Crippen molar-refractivity contribution in [1.82, 2.24) is 15.8 Å². The summed E-state index contributed by atoms with van der Waals surface area (Å²) in [5.74, 6) is -0.704. The van der Waals surface area contributed by atoms with Crippen molar-refractivity contribution in [1.29, 1.82) is 0 Å². The van der Waals surface area contributed by atoms with Crippen LogP contribution in [0.4, 0.5) is 0 Å². The molecule has 20 heavy (non-hydrogen) atoms. The van der Waals surface area contributed by atoms with Crippen molar-refractivity contribution in [2.24, 2.45) is 0 Å². The van der Waals surface area contributed by atoms with Gasteiger partial charge in [-0.25, -0.2) is 0 Å². The van der Waals surface area contributed by atoms with Crippen LogP contribution in [-0.4, -0.2) is 16.8 Å². The van der Waals surface area contributed by atoms with Crippen molar-refractivity contribution >= 4 is 39.1 Å². The monoisotopic (exact) mass is 355 g/mol. The van der Waals surface area contributed by atoms with Crippen LogP contribution < -0.4 is 10.9 Å². The molecule has 106 valence electrons. The van der Waals surface area contributed by atoms with Gasteiger partial charge in [0.2, 0.25) is 0 Å². The fraction of sp³-hybridized carbons (Fsp3) is 0.231. The third-order valence-corrected chi connectivity index (χ3v) is 4.59. The second kappa shape index (κ2) is 6.23. The van der Waals surface area contributed by atoms with Gasteiger partial charge in [0.05, 0.1) is 4.88 Å². The zero-order chi connectivity index (χ0) is 14.7. The van der Waals surface area contributed by atoms with Gasteiger partial charge in [0.1, 0.15) is 5.69 Å². The molecule has 0 spiro atoms. The van der Waals surface area contributed by atoms with Crippen molar-refractivity contribution in [2.75, 3.05) is 0 Å². The van der Waals surface area contributed by atoms with E-state index in [9.17, 15) is 9.59 Å². The second-order valence-electron chi connectivity index (χ2n) is 4.21. The van der Waals surface area contributed by atoms with E-state index in [2.05, 4.69) is 31.8 Å². The van der Waals surface area contributed by atoms with E-state index in [1.54, 1.807) is 12.3 Å². The first kappa shape index (κ1) is 14.8. The van der Waals surface area contributed by atoms with Crippen molar-refractivity contribution in [3.8, 4) is 0 Å². The number of thiophene rings is 1. The normalized spacial score (nSPS) is 10.3. The lowest BCUT2D eigenvalue weighted by molar-refractivity contribution is 0.0846. The van der Waals surface area contributed by atoms with Gasteiger partial charge in [-0.05, 0) is 47.0 Å². The number of hydrazine groups is 1. The molecule has 0 aliphatic rings. The van der Waals surface area contributed by atoms with Gasteiger partial charge in [0.15, 0.2) is 0 Å². The predicted molar refractivity (Wildman–Crippen MR) is 81.9 cm³/mol. The Morgan fingerprint density at radius 1 is 1.30 bits per heavy atom. The predicted octanol–water partition coefficient (Wildman–Crippen LogP) is 2.78. The fourth-order valence-electron chi connectivity index (χ4n) is 1.72. The highest BCUT2D eigenvalue weighted by Crippen LogP contribution is 2.22. The average Bonchev–Trinajstić information content (AvgIpc) is 3.01. The molecule has 0 atom stereocenters. The topological polar surface area (TPSA) is 74.0 Å². The molecule has 0 saturated carbocycles. The van der Waals surface area contributed by atoms with Crippen molar-refractivity contribution in [2.45, 2.75) is 20.3 Å². The number of halogens is 1. The first-order valence-electron chi connectivity index (χ1n) is 6.05. The number of hydrogen-bond donors (Lipinski definition) is 3. The summed E-state index contributed by atoms with van der Waals surface area (Å²) < 4.78 is 0.774. The Bertz CT molecular complexity index is 648. The smallest absolute Gasteiger partial charge is 0.286 e. The first-order chi connectivity index (χ1) is 9.51. The maximum atomic E-state index is 11.9. The van der Waals surface area contributed by atoms with E-state index in [-0.39, 0.29) is 5.91 Å². The zero-order valence-corrected chi connectivity index (χ0v) is 13.4.